The fourth-order valence-electron chi connectivity index (χ4n) is 1.05. The van der Waals surface area contributed by atoms with Gasteiger partial charge in [-0.15, -0.1) is 0 Å². The molecule has 0 aromatic carbocycles. The minimum absolute atomic E-state index is 0.0295. The zero-order valence-electron chi connectivity index (χ0n) is 7.43. The summed E-state index contributed by atoms with van der Waals surface area (Å²) in [6.07, 6.45) is -2.68. The molecule has 0 saturated carbocycles. The molecule has 1 aromatic heterocycles. The molecule has 0 bridgehead atoms. The molecule has 0 unspecified atom stereocenters. The van der Waals surface area contributed by atoms with E-state index in [9.17, 15) is 8.78 Å². The largest absolute Gasteiger partial charge is 0.481 e. The molecule has 0 aliphatic heterocycles. The van der Waals surface area contributed by atoms with Crippen LogP contribution in [0.1, 0.15) is 17.6 Å². The van der Waals surface area contributed by atoms with Crippen LogP contribution in [0.15, 0.2) is 6.07 Å². The van der Waals surface area contributed by atoms with Crippen LogP contribution in [0.2, 0.25) is 5.15 Å². The predicted octanol–water partition coefficient (Wildman–Crippen LogP) is 2.14. The predicted molar refractivity (Wildman–Crippen MR) is 48.6 cm³/mol. The first-order valence-corrected chi connectivity index (χ1v) is 4.19. The van der Waals surface area contributed by atoms with Crippen molar-refractivity contribution < 1.29 is 13.5 Å². The van der Waals surface area contributed by atoms with Gasteiger partial charge in [-0.3, -0.25) is 0 Å². The van der Waals surface area contributed by atoms with E-state index in [-0.39, 0.29) is 28.7 Å². The monoisotopic (exact) mass is 222 g/mol. The Morgan fingerprint density at radius 2 is 2.29 bits per heavy atom. The van der Waals surface area contributed by atoms with Crippen LogP contribution in [0.4, 0.5) is 8.78 Å². The van der Waals surface area contributed by atoms with E-state index in [2.05, 4.69) is 4.98 Å². The maximum atomic E-state index is 12.5. The second-order valence-corrected chi connectivity index (χ2v) is 2.89. The highest BCUT2D eigenvalue weighted by Gasteiger charge is 2.18. The van der Waals surface area contributed by atoms with Crippen LogP contribution in [0.5, 0.6) is 5.88 Å². The van der Waals surface area contributed by atoms with Gasteiger partial charge in [-0.05, 0) is 5.56 Å². The van der Waals surface area contributed by atoms with E-state index in [4.69, 9.17) is 22.1 Å². The number of pyridine rings is 1. The molecular formula is C8H9ClF2N2O. The highest BCUT2D eigenvalue weighted by Crippen LogP contribution is 2.31. The van der Waals surface area contributed by atoms with Gasteiger partial charge in [0, 0.05) is 12.6 Å². The molecule has 14 heavy (non-hydrogen) atoms. The van der Waals surface area contributed by atoms with Gasteiger partial charge in [0.15, 0.2) is 0 Å². The molecule has 2 N–H and O–H groups in total. The Hall–Kier alpha value is -0.940. The normalized spacial score (nSPS) is 10.7. The zero-order chi connectivity index (χ0) is 10.7. The van der Waals surface area contributed by atoms with Gasteiger partial charge in [-0.25, -0.2) is 13.8 Å². The fourth-order valence-corrected chi connectivity index (χ4v) is 1.34. The topological polar surface area (TPSA) is 48.1 Å². The fraction of sp³-hybridized carbons (Fsp3) is 0.375. The summed E-state index contributed by atoms with van der Waals surface area (Å²) in [4.78, 5) is 3.63. The Balaban J connectivity index is 3.27. The Kier molecular flexibility index (Phi) is 3.60. The second kappa shape index (κ2) is 4.52. The highest BCUT2D eigenvalue weighted by atomic mass is 35.5. The van der Waals surface area contributed by atoms with E-state index >= 15 is 0 Å². The number of nitrogens with zero attached hydrogens (tertiary/aromatic N) is 1. The molecule has 1 aromatic rings. The van der Waals surface area contributed by atoms with Crippen LogP contribution < -0.4 is 10.5 Å². The summed E-state index contributed by atoms with van der Waals surface area (Å²) in [7, 11) is 1.38. The third-order valence-corrected chi connectivity index (χ3v) is 2.01. The van der Waals surface area contributed by atoms with Crippen molar-refractivity contribution in [3.05, 3.63) is 22.3 Å². The molecule has 0 atom stereocenters. The number of ether oxygens (including phenoxy) is 1. The summed E-state index contributed by atoms with van der Waals surface area (Å²) in [6.45, 7) is -0.0295. The number of halogens is 3. The number of hydrogen-bond donors (Lipinski definition) is 1. The van der Waals surface area contributed by atoms with E-state index < -0.39 is 6.43 Å². The molecule has 0 aliphatic rings. The molecule has 78 valence electrons. The van der Waals surface area contributed by atoms with Crippen molar-refractivity contribution in [1.29, 1.82) is 0 Å². The number of methoxy groups -OCH3 is 1. The number of nitrogens with two attached hydrogens (primary N) is 1. The summed E-state index contributed by atoms with van der Waals surface area (Å²) in [5, 5.41) is -0.264. The lowest BCUT2D eigenvalue weighted by Gasteiger charge is -2.10. The lowest BCUT2D eigenvalue weighted by Crippen LogP contribution is -2.05. The van der Waals surface area contributed by atoms with E-state index in [1.54, 1.807) is 0 Å². The van der Waals surface area contributed by atoms with Crippen LogP contribution >= 0.6 is 11.6 Å². The summed E-state index contributed by atoms with van der Waals surface area (Å²) in [6, 6.07) is 1.35. The van der Waals surface area contributed by atoms with Crippen molar-refractivity contribution in [2.24, 2.45) is 5.73 Å². The molecule has 1 rings (SSSR count). The quantitative estimate of drug-likeness (QED) is 0.798. The number of rotatable bonds is 3. The molecule has 0 fully saturated rings. The summed E-state index contributed by atoms with van der Waals surface area (Å²) < 4.78 is 29.8. The van der Waals surface area contributed by atoms with Crippen molar-refractivity contribution in [2.45, 2.75) is 13.0 Å². The van der Waals surface area contributed by atoms with Crippen LogP contribution in [0, 0.1) is 0 Å². The van der Waals surface area contributed by atoms with Crippen molar-refractivity contribution in [3.63, 3.8) is 0 Å². The van der Waals surface area contributed by atoms with Crippen molar-refractivity contribution in [2.75, 3.05) is 7.11 Å². The van der Waals surface area contributed by atoms with Crippen LogP contribution in [-0.4, -0.2) is 12.1 Å². The minimum atomic E-state index is -2.68. The first kappa shape index (κ1) is 11.1. The van der Waals surface area contributed by atoms with Gasteiger partial charge in [0.25, 0.3) is 6.43 Å². The van der Waals surface area contributed by atoms with Crippen molar-refractivity contribution in [1.82, 2.24) is 4.98 Å². The van der Waals surface area contributed by atoms with Gasteiger partial charge in [0.05, 0.1) is 12.7 Å². The Morgan fingerprint density at radius 3 is 2.71 bits per heavy atom. The average Bonchev–Trinajstić information content (AvgIpc) is 2.15. The lowest BCUT2D eigenvalue weighted by atomic mass is 10.1. The maximum absolute atomic E-state index is 12.5. The lowest BCUT2D eigenvalue weighted by molar-refractivity contribution is 0.149. The maximum Gasteiger partial charge on any atom is 0.267 e. The standard InChI is InChI=1S/C8H9ClF2N2O/c1-14-5-2-4(3-12)6(8(10)11)7(9)13-5/h2,8H,3,12H2,1H3. The molecule has 6 heteroatoms. The average molecular weight is 223 g/mol. The summed E-state index contributed by atoms with van der Waals surface area (Å²) >= 11 is 5.56. The smallest absolute Gasteiger partial charge is 0.267 e. The number of alkyl halides is 2. The molecule has 3 nitrogen and oxygen atoms in total. The highest BCUT2D eigenvalue weighted by molar-refractivity contribution is 6.30. The molecule has 0 spiro atoms. The van der Waals surface area contributed by atoms with Gasteiger partial charge < -0.3 is 10.5 Å². The third-order valence-electron chi connectivity index (χ3n) is 1.72. The van der Waals surface area contributed by atoms with Crippen molar-refractivity contribution in [3.8, 4) is 5.88 Å². The number of aromatic nitrogens is 1. The van der Waals surface area contributed by atoms with Crippen LogP contribution in [0.25, 0.3) is 0 Å². The first-order chi connectivity index (χ1) is 6.60. The van der Waals surface area contributed by atoms with Gasteiger partial charge in [-0.2, -0.15) is 0 Å². The van der Waals surface area contributed by atoms with Crippen LogP contribution in [-0.2, 0) is 6.54 Å². The van der Waals surface area contributed by atoms with Crippen molar-refractivity contribution >= 4 is 11.6 Å². The summed E-state index contributed by atoms with van der Waals surface area (Å²) in [5.41, 5.74) is 5.23. The van der Waals surface area contributed by atoms with Gasteiger partial charge >= 0.3 is 0 Å². The van der Waals surface area contributed by atoms with Gasteiger partial charge in [0.2, 0.25) is 5.88 Å². The number of hydrogen-bond acceptors (Lipinski definition) is 3. The Labute approximate surface area is 84.8 Å². The summed E-state index contributed by atoms with van der Waals surface area (Å²) in [5.74, 6) is 0.180. The zero-order valence-corrected chi connectivity index (χ0v) is 8.18. The molecule has 0 radical (unpaired) electrons. The Bertz CT molecular complexity index is 333. The third kappa shape index (κ3) is 2.10. The molecule has 1 heterocycles. The van der Waals surface area contributed by atoms with E-state index in [0.29, 0.717) is 0 Å². The van der Waals surface area contributed by atoms with E-state index in [0.717, 1.165) is 0 Å². The van der Waals surface area contributed by atoms with Crippen LogP contribution in [0.3, 0.4) is 0 Å². The first-order valence-electron chi connectivity index (χ1n) is 3.81. The minimum Gasteiger partial charge on any atom is -0.481 e. The van der Waals surface area contributed by atoms with Gasteiger partial charge in [-0.1, -0.05) is 11.6 Å². The molecular weight excluding hydrogens is 214 g/mol. The molecule has 0 aliphatic carbocycles. The van der Waals surface area contributed by atoms with Gasteiger partial charge in [0.1, 0.15) is 5.15 Å². The van der Waals surface area contributed by atoms with E-state index in [1.807, 2.05) is 0 Å². The second-order valence-electron chi connectivity index (χ2n) is 2.53. The SMILES string of the molecule is COc1cc(CN)c(C(F)F)c(Cl)n1. The van der Waals surface area contributed by atoms with E-state index in [1.165, 1.54) is 13.2 Å². The Morgan fingerprint density at radius 1 is 1.64 bits per heavy atom. The molecule has 0 saturated heterocycles. The molecule has 0 amide bonds.